The highest BCUT2D eigenvalue weighted by Crippen LogP contribution is 2.10. The normalized spacial score (nSPS) is 16.9. The van der Waals surface area contributed by atoms with Crippen molar-refractivity contribution in [3.05, 3.63) is 35.9 Å². The average molecular weight is 223 g/mol. The van der Waals surface area contributed by atoms with Gasteiger partial charge in [0.1, 0.15) is 6.17 Å². The third-order valence-electron chi connectivity index (χ3n) is 1.91. The standard InChI is InChI=1S/C9H9N3S2/c13-8-10-7(11-9(14)12-8)6-4-2-1-3-5-6/h1-5,7H,(H3,10,11,12,13,14). The van der Waals surface area contributed by atoms with E-state index in [1.165, 1.54) is 0 Å². The summed E-state index contributed by atoms with van der Waals surface area (Å²) in [6, 6.07) is 9.96. The van der Waals surface area contributed by atoms with Gasteiger partial charge in [-0.05, 0) is 30.0 Å². The fourth-order valence-electron chi connectivity index (χ4n) is 1.29. The SMILES string of the molecule is S=C1NC(=S)NC(c2ccccc2)N1. The van der Waals surface area contributed by atoms with Crippen LogP contribution in [0.3, 0.4) is 0 Å². The molecule has 1 saturated heterocycles. The van der Waals surface area contributed by atoms with Crippen LogP contribution >= 0.6 is 24.4 Å². The monoisotopic (exact) mass is 223 g/mol. The Morgan fingerprint density at radius 3 is 2.07 bits per heavy atom. The predicted molar refractivity (Wildman–Crippen MR) is 63.8 cm³/mol. The van der Waals surface area contributed by atoms with E-state index in [9.17, 15) is 0 Å². The summed E-state index contributed by atoms with van der Waals surface area (Å²) in [5, 5.41) is 10.1. The summed E-state index contributed by atoms with van der Waals surface area (Å²) in [6.45, 7) is 0. The van der Waals surface area contributed by atoms with Gasteiger partial charge in [0, 0.05) is 0 Å². The van der Waals surface area contributed by atoms with Crippen molar-refractivity contribution in [1.82, 2.24) is 16.0 Å². The fourth-order valence-corrected chi connectivity index (χ4v) is 1.79. The number of thiocarbonyl (C=S) groups is 2. The topological polar surface area (TPSA) is 36.1 Å². The minimum atomic E-state index is -0.0301. The molecule has 5 heteroatoms. The van der Waals surface area contributed by atoms with Crippen molar-refractivity contribution in [3.63, 3.8) is 0 Å². The van der Waals surface area contributed by atoms with E-state index < -0.39 is 0 Å². The maximum absolute atomic E-state index is 5.01. The molecule has 1 aliphatic heterocycles. The van der Waals surface area contributed by atoms with Gasteiger partial charge in [-0.2, -0.15) is 0 Å². The summed E-state index contributed by atoms with van der Waals surface area (Å²) in [4.78, 5) is 0. The Hall–Kier alpha value is -1.20. The molecule has 1 aromatic carbocycles. The molecule has 0 atom stereocenters. The van der Waals surface area contributed by atoms with Gasteiger partial charge in [-0.1, -0.05) is 30.3 Å². The maximum atomic E-state index is 5.01. The van der Waals surface area contributed by atoms with Gasteiger partial charge in [0.05, 0.1) is 0 Å². The van der Waals surface area contributed by atoms with E-state index in [-0.39, 0.29) is 6.17 Å². The molecule has 0 aliphatic carbocycles. The van der Waals surface area contributed by atoms with Crippen LogP contribution in [0.4, 0.5) is 0 Å². The lowest BCUT2D eigenvalue weighted by Gasteiger charge is -2.28. The van der Waals surface area contributed by atoms with Crippen LogP contribution in [0.1, 0.15) is 11.7 Å². The number of hydrogen-bond acceptors (Lipinski definition) is 2. The maximum Gasteiger partial charge on any atom is 0.174 e. The van der Waals surface area contributed by atoms with Crippen LogP contribution in [-0.4, -0.2) is 10.2 Å². The summed E-state index contributed by atoms with van der Waals surface area (Å²) in [7, 11) is 0. The summed E-state index contributed by atoms with van der Waals surface area (Å²) in [5.41, 5.74) is 1.11. The Kier molecular flexibility index (Phi) is 2.60. The van der Waals surface area contributed by atoms with Crippen LogP contribution in [0.25, 0.3) is 0 Å². The smallest absolute Gasteiger partial charge is 0.174 e. The van der Waals surface area contributed by atoms with E-state index in [1.807, 2.05) is 30.3 Å². The molecular formula is C9H9N3S2. The molecule has 0 saturated carbocycles. The number of rotatable bonds is 1. The summed E-state index contributed by atoms with van der Waals surface area (Å²) in [6.07, 6.45) is -0.0301. The van der Waals surface area contributed by atoms with Gasteiger partial charge in [0.15, 0.2) is 10.2 Å². The van der Waals surface area contributed by atoms with E-state index >= 15 is 0 Å². The second kappa shape index (κ2) is 3.89. The van der Waals surface area contributed by atoms with E-state index in [4.69, 9.17) is 24.4 Å². The van der Waals surface area contributed by atoms with Crippen molar-refractivity contribution in [2.24, 2.45) is 0 Å². The van der Waals surface area contributed by atoms with Crippen LogP contribution in [0.5, 0.6) is 0 Å². The van der Waals surface area contributed by atoms with Gasteiger partial charge in [-0.15, -0.1) is 0 Å². The second-order valence-electron chi connectivity index (χ2n) is 2.92. The van der Waals surface area contributed by atoms with Crippen LogP contribution in [0.15, 0.2) is 30.3 Å². The molecule has 72 valence electrons. The Balaban J connectivity index is 2.19. The molecular weight excluding hydrogens is 214 g/mol. The number of hydrogen-bond donors (Lipinski definition) is 3. The van der Waals surface area contributed by atoms with E-state index in [1.54, 1.807) is 0 Å². The molecule has 0 aromatic heterocycles. The second-order valence-corrected chi connectivity index (χ2v) is 3.73. The highest BCUT2D eigenvalue weighted by atomic mass is 32.1. The Morgan fingerprint density at radius 1 is 0.929 bits per heavy atom. The van der Waals surface area contributed by atoms with E-state index in [2.05, 4.69) is 16.0 Å². The van der Waals surface area contributed by atoms with Gasteiger partial charge in [-0.25, -0.2) is 0 Å². The van der Waals surface area contributed by atoms with Crippen LogP contribution in [0, 0.1) is 0 Å². The molecule has 0 amide bonds. The van der Waals surface area contributed by atoms with Crippen molar-refractivity contribution in [2.45, 2.75) is 6.17 Å². The molecule has 0 radical (unpaired) electrons. The molecule has 14 heavy (non-hydrogen) atoms. The quantitative estimate of drug-likeness (QED) is 0.620. The van der Waals surface area contributed by atoms with Gasteiger partial charge in [0.2, 0.25) is 0 Å². The van der Waals surface area contributed by atoms with Crippen molar-refractivity contribution < 1.29 is 0 Å². The largest absolute Gasteiger partial charge is 0.338 e. The van der Waals surface area contributed by atoms with Crippen molar-refractivity contribution in [1.29, 1.82) is 0 Å². The zero-order valence-electron chi connectivity index (χ0n) is 7.28. The molecule has 0 spiro atoms. The van der Waals surface area contributed by atoms with E-state index in [0.29, 0.717) is 10.2 Å². The minimum absolute atomic E-state index is 0.0301. The summed E-state index contributed by atoms with van der Waals surface area (Å²) in [5.74, 6) is 0. The average Bonchev–Trinajstić information content (AvgIpc) is 2.18. The lowest BCUT2D eigenvalue weighted by Crippen LogP contribution is -2.56. The highest BCUT2D eigenvalue weighted by Gasteiger charge is 2.18. The fraction of sp³-hybridized carbons (Fsp3) is 0.111. The van der Waals surface area contributed by atoms with Gasteiger partial charge < -0.3 is 16.0 Å². The summed E-state index contributed by atoms with van der Waals surface area (Å²) < 4.78 is 0. The van der Waals surface area contributed by atoms with Crippen molar-refractivity contribution in [2.75, 3.05) is 0 Å². The van der Waals surface area contributed by atoms with Gasteiger partial charge >= 0.3 is 0 Å². The first-order chi connectivity index (χ1) is 6.75. The third kappa shape index (κ3) is 2.00. The first-order valence-corrected chi connectivity index (χ1v) is 5.00. The molecule has 2 rings (SSSR count). The Labute approximate surface area is 92.9 Å². The first kappa shape index (κ1) is 9.36. The van der Waals surface area contributed by atoms with Crippen molar-refractivity contribution >= 4 is 34.7 Å². The lowest BCUT2D eigenvalue weighted by molar-refractivity contribution is 0.585. The Bertz CT molecular complexity index is 348. The van der Waals surface area contributed by atoms with Crippen LogP contribution in [-0.2, 0) is 0 Å². The molecule has 3 N–H and O–H groups in total. The zero-order valence-corrected chi connectivity index (χ0v) is 8.91. The van der Waals surface area contributed by atoms with Gasteiger partial charge in [0.25, 0.3) is 0 Å². The molecule has 1 heterocycles. The minimum Gasteiger partial charge on any atom is -0.338 e. The number of benzene rings is 1. The molecule has 0 unspecified atom stereocenters. The van der Waals surface area contributed by atoms with E-state index in [0.717, 1.165) is 5.56 Å². The Morgan fingerprint density at radius 2 is 1.50 bits per heavy atom. The molecule has 3 nitrogen and oxygen atoms in total. The molecule has 1 aromatic rings. The molecule has 1 fully saturated rings. The highest BCUT2D eigenvalue weighted by molar-refractivity contribution is 7.81. The lowest BCUT2D eigenvalue weighted by atomic mass is 10.1. The number of nitrogens with one attached hydrogen (secondary N) is 3. The van der Waals surface area contributed by atoms with Gasteiger partial charge in [-0.3, -0.25) is 0 Å². The van der Waals surface area contributed by atoms with Crippen molar-refractivity contribution in [3.8, 4) is 0 Å². The van der Waals surface area contributed by atoms with Crippen LogP contribution < -0.4 is 16.0 Å². The zero-order chi connectivity index (χ0) is 9.97. The third-order valence-corrected chi connectivity index (χ3v) is 2.35. The molecule has 0 bridgehead atoms. The first-order valence-electron chi connectivity index (χ1n) is 4.18. The summed E-state index contributed by atoms with van der Waals surface area (Å²) >= 11 is 10.0. The molecule has 1 aliphatic rings. The van der Waals surface area contributed by atoms with Crippen LogP contribution in [0.2, 0.25) is 0 Å². The predicted octanol–water partition coefficient (Wildman–Crippen LogP) is 1.04.